The van der Waals surface area contributed by atoms with Gasteiger partial charge in [0.15, 0.2) is 0 Å². The average Bonchev–Trinajstić information content (AvgIpc) is 2.27. The van der Waals surface area contributed by atoms with Crippen LogP contribution in [0, 0.1) is 5.92 Å². The van der Waals surface area contributed by atoms with Crippen LogP contribution in [-0.2, 0) is 0 Å². The van der Waals surface area contributed by atoms with Crippen LogP contribution in [0.5, 0.6) is 0 Å². The van der Waals surface area contributed by atoms with E-state index in [1.54, 1.807) is 0 Å². The number of rotatable bonds is 5. The summed E-state index contributed by atoms with van der Waals surface area (Å²) in [5, 5.41) is 0. The molecule has 0 saturated heterocycles. The van der Waals surface area contributed by atoms with Crippen molar-refractivity contribution in [3.63, 3.8) is 0 Å². The zero-order valence-electron chi connectivity index (χ0n) is 10.1. The Kier molecular flexibility index (Phi) is 5.34. The molecule has 2 heteroatoms. The zero-order chi connectivity index (χ0) is 11.8. The fourth-order valence-electron chi connectivity index (χ4n) is 1.25. The van der Waals surface area contributed by atoms with Gasteiger partial charge in [0, 0.05) is 6.54 Å². The molecule has 0 atom stereocenters. The lowest BCUT2D eigenvalue weighted by Gasteiger charge is -2.00. The lowest BCUT2D eigenvalue weighted by atomic mass is 10.1. The summed E-state index contributed by atoms with van der Waals surface area (Å²) >= 11 is 0. The first kappa shape index (κ1) is 12.5. The molecule has 0 fully saturated rings. The van der Waals surface area contributed by atoms with Crippen molar-refractivity contribution in [2.45, 2.75) is 20.3 Å². The Morgan fingerprint density at radius 1 is 1.31 bits per heavy atom. The van der Waals surface area contributed by atoms with Crippen LogP contribution in [0.1, 0.15) is 25.8 Å². The second-order valence-corrected chi connectivity index (χ2v) is 4.23. The highest BCUT2D eigenvalue weighted by atomic mass is 14.8. The van der Waals surface area contributed by atoms with Crippen molar-refractivity contribution in [3.05, 3.63) is 42.0 Å². The largest absolute Gasteiger partial charge is 0.384 e. The van der Waals surface area contributed by atoms with Crippen molar-refractivity contribution in [2.75, 3.05) is 6.54 Å². The monoisotopic (exact) mass is 216 g/mol. The van der Waals surface area contributed by atoms with Crippen molar-refractivity contribution < 1.29 is 0 Å². The van der Waals surface area contributed by atoms with Crippen LogP contribution in [0.2, 0.25) is 0 Å². The Morgan fingerprint density at radius 3 is 2.62 bits per heavy atom. The number of nitrogens with zero attached hydrogens (tertiary/aromatic N) is 1. The van der Waals surface area contributed by atoms with Crippen LogP contribution >= 0.6 is 0 Å². The van der Waals surface area contributed by atoms with E-state index < -0.39 is 0 Å². The molecule has 16 heavy (non-hydrogen) atoms. The number of nitrogens with two attached hydrogens (primary N) is 1. The van der Waals surface area contributed by atoms with Gasteiger partial charge in [0.2, 0.25) is 0 Å². The minimum Gasteiger partial charge on any atom is -0.384 e. The number of hydrogen-bond acceptors (Lipinski definition) is 1. The van der Waals surface area contributed by atoms with Crippen LogP contribution in [0.15, 0.2) is 41.4 Å². The average molecular weight is 216 g/mol. The Hall–Kier alpha value is -1.57. The minimum absolute atomic E-state index is 0.601. The van der Waals surface area contributed by atoms with Gasteiger partial charge < -0.3 is 5.73 Å². The van der Waals surface area contributed by atoms with Gasteiger partial charge >= 0.3 is 0 Å². The summed E-state index contributed by atoms with van der Waals surface area (Å²) in [4.78, 5) is 4.29. The van der Waals surface area contributed by atoms with E-state index in [0.717, 1.165) is 18.5 Å². The SMILES string of the molecule is CC(C)CCN=C(N)/C=C/c1ccccc1. The number of benzene rings is 1. The summed E-state index contributed by atoms with van der Waals surface area (Å²) < 4.78 is 0. The molecule has 0 spiro atoms. The second kappa shape index (κ2) is 6.83. The molecule has 0 aliphatic heterocycles. The molecule has 0 aliphatic rings. The third-order valence-electron chi connectivity index (χ3n) is 2.25. The summed E-state index contributed by atoms with van der Waals surface area (Å²) in [5.74, 6) is 1.28. The molecule has 2 nitrogen and oxygen atoms in total. The van der Waals surface area contributed by atoms with Crippen LogP contribution < -0.4 is 5.73 Å². The first-order valence-corrected chi connectivity index (χ1v) is 5.71. The molecule has 86 valence electrons. The lowest BCUT2D eigenvalue weighted by Crippen LogP contribution is -2.08. The van der Waals surface area contributed by atoms with E-state index in [0.29, 0.717) is 11.8 Å². The van der Waals surface area contributed by atoms with Gasteiger partial charge in [-0.25, -0.2) is 0 Å². The van der Waals surface area contributed by atoms with Gasteiger partial charge in [-0.3, -0.25) is 4.99 Å². The highest BCUT2D eigenvalue weighted by Crippen LogP contribution is 2.01. The van der Waals surface area contributed by atoms with E-state index in [-0.39, 0.29) is 0 Å². The van der Waals surface area contributed by atoms with Gasteiger partial charge in [0.05, 0.1) is 0 Å². The second-order valence-electron chi connectivity index (χ2n) is 4.23. The summed E-state index contributed by atoms with van der Waals surface area (Å²) in [5.41, 5.74) is 6.91. The normalized spacial score (nSPS) is 12.6. The van der Waals surface area contributed by atoms with E-state index in [4.69, 9.17) is 5.73 Å². The van der Waals surface area contributed by atoms with Crippen molar-refractivity contribution in [1.82, 2.24) is 0 Å². The molecule has 0 aliphatic carbocycles. The molecule has 0 aromatic heterocycles. The minimum atomic E-state index is 0.601. The maximum absolute atomic E-state index is 5.77. The maximum Gasteiger partial charge on any atom is 0.118 e. The van der Waals surface area contributed by atoms with Crippen LogP contribution in [0.3, 0.4) is 0 Å². The molecular formula is C14H20N2. The van der Waals surface area contributed by atoms with Crippen molar-refractivity contribution in [1.29, 1.82) is 0 Å². The van der Waals surface area contributed by atoms with Crippen LogP contribution in [0.25, 0.3) is 6.08 Å². The standard InChI is InChI=1S/C14H20N2/c1-12(2)10-11-16-14(15)9-8-13-6-4-3-5-7-13/h3-9,12H,10-11H2,1-2H3,(H2,15,16)/b9-8+. The van der Waals surface area contributed by atoms with Crippen molar-refractivity contribution in [3.8, 4) is 0 Å². The maximum atomic E-state index is 5.77. The molecule has 0 bridgehead atoms. The molecule has 2 N–H and O–H groups in total. The molecule has 1 rings (SSSR count). The Morgan fingerprint density at radius 2 is 2.00 bits per heavy atom. The van der Waals surface area contributed by atoms with Gasteiger partial charge in [-0.1, -0.05) is 50.3 Å². The van der Waals surface area contributed by atoms with E-state index >= 15 is 0 Å². The van der Waals surface area contributed by atoms with Gasteiger partial charge in [-0.15, -0.1) is 0 Å². The van der Waals surface area contributed by atoms with Gasteiger partial charge in [-0.2, -0.15) is 0 Å². The van der Waals surface area contributed by atoms with Gasteiger partial charge in [-0.05, 0) is 24.0 Å². The highest BCUT2D eigenvalue weighted by Gasteiger charge is 1.92. The Bertz CT molecular complexity index is 350. The predicted octanol–water partition coefficient (Wildman–Crippen LogP) is 3.10. The lowest BCUT2D eigenvalue weighted by molar-refractivity contribution is 0.597. The topological polar surface area (TPSA) is 38.4 Å². The van der Waals surface area contributed by atoms with Crippen molar-refractivity contribution >= 4 is 11.9 Å². The smallest absolute Gasteiger partial charge is 0.118 e. The number of aliphatic imine (C=N–C) groups is 1. The Labute approximate surface area is 97.9 Å². The van der Waals surface area contributed by atoms with E-state index in [2.05, 4.69) is 18.8 Å². The summed E-state index contributed by atoms with van der Waals surface area (Å²) in [6.45, 7) is 5.18. The molecule has 0 heterocycles. The van der Waals surface area contributed by atoms with Crippen LogP contribution in [-0.4, -0.2) is 12.4 Å². The first-order chi connectivity index (χ1) is 7.68. The third kappa shape index (κ3) is 5.35. The van der Waals surface area contributed by atoms with E-state index in [1.807, 2.05) is 42.5 Å². The summed E-state index contributed by atoms with van der Waals surface area (Å²) in [6, 6.07) is 10.1. The molecular weight excluding hydrogens is 196 g/mol. The summed E-state index contributed by atoms with van der Waals surface area (Å²) in [7, 11) is 0. The molecule has 0 amide bonds. The quantitative estimate of drug-likeness (QED) is 0.596. The van der Waals surface area contributed by atoms with Gasteiger partial charge in [0.1, 0.15) is 5.84 Å². The number of hydrogen-bond donors (Lipinski definition) is 1. The summed E-state index contributed by atoms with van der Waals surface area (Å²) in [6.07, 6.45) is 4.92. The fourth-order valence-corrected chi connectivity index (χ4v) is 1.25. The highest BCUT2D eigenvalue weighted by molar-refractivity contribution is 5.95. The van der Waals surface area contributed by atoms with Crippen LogP contribution in [0.4, 0.5) is 0 Å². The predicted molar refractivity (Wildman–Crippen MR) is 71.4 cm³/mol. The van der Waals surface area contributed by atoms with Crippen molar-refractivity contribution in [2.24, 2.45) is 16.6 Å². The first-order valence-electron chi connectivity index (χ1n) is 5.71. The third-order valence-corrected chi connectivity index (χ3v) is 2.25. The Balaban J connectivity index is 2.44. The van der Waals surface area contributed by atoms with Gasteiger partial charge in [0.25, 0.3) is 0 Å². The zero-order valence-corrected chi connectivity index (χ0v) is 10.1. The number of amidine groups is 1. The fraction of sp³-hybridized carbons (Fsp3) is 0.357. The van der Waals surface area contributed by atoms with E-state index in [9.17, 15) is 0 Å². The molecule has 1 aromatic rings. The van der Waals surface area contributed by atoms with E-state index in [1.165, 1.54) is 0 Å². The molecule has 1 aromatic carbocycles. The molecule has 0 saturated carbocycles. The molecule has 0 radical (unpaired) electrons. The molecule has 0 unspecified atom stereocenters.